The summed E-state index contributed by atoms with van der Waals surface area (Å²) in [4.78, 5) is 27.8. The number of halogens is 2. The van der Waals surface area contributed by atoms with Gasteiger partial charge in [0, 0.05) is 35.7 Å². The van der Waals surface area contributed by atoms with Gasteiger partial charge in [0.2, 0.25) is 5.91 Å². The number of hydrogen-bond donors (Lipinski definition) is 0. The summed E-state index contributed by atoms with van der Waals surface area (Å²) in [6.45, 7) is 2.10. The van der Waals surface area contributed by atoms with Crippen molar-refractivity contribution < 1.29 is 9.59 Å². The summed E-state index contributed by atoms with van der Waals surface area (Å²) in [7, 11) is 0. The van der Waals surface area contributed by atoms with Crippen LogP contribution in [-0.4, -0.2) is 11.7 Å². The molecule has 1 aliphatic heterocycles. The van der Waals surface area contributed by atoms with Crippen molar-refractivity contribution in [2.24, 2.45) is 0 Å². The highest BCUT2D eigenvalue weighted by molar-refractivity contribution is 6.42. The Labute approximate surface area is 174 Å². The molecule has 0 N–H and O–H groups in total. The van der Waals surface area contributed by atoms with Crippen LogP contribution in [0.25, 0.3) is 0 Å². The van der Waals surface area contributed by atoms with E-state index in [-0.39, 0.29) is 24.0 Å². The van der Waals surface area contributed by atoms with Gasteiger partial charge in [-0.1, -0.05) is 48.3 Å². The number of amides is 1. The van der Waals surface area contributed by atoms with Crippen molar-refractivity contribution in [1.82, 2.24) is 0 Å². The predicted molar refractivity (Wildman–Crippen MR) is 113 cm³/mol. The van der Waals surface area contributed by atoms with Gasteiger partial charge in [0.15, 0.2) is 5.78 Å². The molecule has 2 aliphatic rings. The van der Waals surface area contributed by atoms with Gasteiger partial charge in [0.25, 0.3) is 0 Å². The van der Waals surface area contributed by atoms with Crippen LogP contribution in [0.4, 0.5) is 5.69 Å². The lowest BCUT2D eigenvalue weighted by Gasteiger charge is -2.38. The van der Waals surface area contributed by atoms with Gasteiger partial charge in [0.1, 0.15) is 0 Å². The van der Waals surface area contributed by atoms with Crippen LogP contribution in [0, 0.1) is 0 Å². The number of ketones is 1. The van der Waals surface area contributed by atoms with Crippen LogP contribution in [-0.2, 0) is 16.0 Å². The van der Waals surface area contributed by atoms with Gasteiger partial charge in [-0.25, -0.2) is 0 Å². The Hall–Kier alpha value is -2.10. The van der Waals surface area contributed by atoms with Crippen LogP contribution in [0.2, 0.25) is 10.0 Å². The fraction of sp³-hybridized carbons (Fsp3) is 0.304. The Bertz CT molecular complexity index is 979. The van der Waals surface area contributed by atoms with Crippen molar-refractivity contribution >= 4 is 40.6 Å². The first-order valence-corrected chi connectivity index (χ1v) is 10.4. The van der Waals surface area contributed by atoms with Gasteiger partial charge >= 0.3 is 0 Å². The third-order valence-corrected chi connectivity index (χ3v) is 6.36. The summed E-state index contributed by atoms with van der Waals surface area (Å²) in [5, 5.41) is 0.906. The Morgan fingerprint density at radius 3 is 2.43 bits per heavy atom. The second kappa shape index (κ2) is 7.73. The molecule has 0 saturated heterocycles. The lowest BCUT2D eigenvalue weighted by Crippen LogP contribution is -2.40. The normalized spacial score (nSPS) is 19.8. The number of carbonyl (C=O) groups excluding carboxylic acids is 2. The lowest BCUT2D eigenvalue weighted by atomic mass is 9.77. The second-order valence-electron chi connectivity index (χ2n) is 7.32. The number of anilines is 1. The van der Waals surface area contributed by atoms with Crippen molar-refractivity contribution in [3.63, 3.8) is 0 Å². The van der Waals surface area contributed by atoms with Crippen LogP contribution in [0.15, 0.2) is 53.7 Å². The van der Waals surface area contributed by atoms with E-state index >= 15 is 0 Å². The maximum Gasteiger partial charge on any atom is 0.232 e. The summed E-state index contributed by atoms with van der Waals surface area (Å²) in [5.41, 5.74) is 4.51. The highest BCUT2D eigenvalue weighted by Gasteiger charge is 2.39. The highest BCUT2D eigenvalue weighted by Crippen LogP contribution is 2.44. The molecule has 3 nitrogen and oxygen atoms in total. The minimum absolute atomic E-state index is 0.00812. The van der Waals surface area contributed by atoms with Crippen LogP contribution in [0.5, 0.6) is 0 Å². The quantitative estimate of drug-likeness (QED) is 0.610. The number of aryl methyl sites for hydroxylation is 1. The minimum atomic E-state index is -0.267. The first-order valence-electron chi connectivity index (χ1n) is 9.62. The van der Waals surface area contributed by atoms with E-state index in [2.05, 4.69) is 6.92 Å². The first kappa shape index (κ1) is 19.2. The molecule has 2 aromatic carbocycles. The highest BCUT2D eigenvalue weighted by atomic mass is 35.5. The van der Waals surface area contributed by atoms with E-state index in [0.717, 1.165) is 41.8 Å². The van der Waals surface area contributed by atoms with Crippen LogP contribution >= 0.6 is 23.2 Å². The molecule has 0 bridgehead atoms. The molecule has 144 valence electrons. The molecule has 1 heterocycles. The van der Waals surface area contributed by atoms with Gasteiger partial charge in [-0.2, -0.15) is 0 Å². The van der Waals surface area contributed by atoms with Crippen LogP contribution in [0.3, 0.4) is 0 Å². The number of benzene rings is 2. The molecule has 2 aromatic rings. The Morgan fingerprint density at radius 1 is 1.00 bits per heavy atom. The lowest BCUT2D eigenvalue weighted by molar-refractivity contribution is -0.119. The van der Waals surface area contributed by atoms with Gasteiger partial charge in [0.05, 0.1) is 10.0 Å². The molecule has 1 unspecified atom stereocenters. The van der Waals surface area contributed by atoms with Gasteiger partial charge < -0.3 is 0 Å². The molecule has 1 aliphatic carbocycles. The first-order chi connectivity index (χ1) is 13.5. The van der Waals surface area contributed by atoms with E-state index in [9.17, 15) is 9.59 Å². The molecule has 0 aromatic heterocycles. The average Bonchev–Trinajstić information content (AvgIpc) is 2.70. The molecule has 1 amide bonds. The predicted octanol–water partition coefficient (Wildman–Crippen LogP) is 6.08. The zero-order valence-electron chi connectivity index (χ0n) is 15.7. The summed E-state index contributed by atoms with van der Waals surface area (Å²) in [6.07, 6.45) is 3.20. The monoisotopic (exact) mass is 413 g/mol. The molecule has 0 saturated carbocycles. The smallest absolute Gasteiger partial charge is 0.232 e. The van der Waals surface area contributed by atoms with E-state index in [1.165, 1.54) is 5.56 Å². The standard InChI is InChI=1S/C23H21Cl2NO2/c1-2-14-6-9-16(10-7-14)26-20-4-3-5-21(27)23(20)17(13-22(26)28)15-8-11-18(24)19(25)12-15/h6-12,17H,2-5,13H2,1H3. The summed E-state index contributed by atoms with van der Waals surface area (Å²) >= 11 is 12.3. The molecule has 4 rings (SSSR count). The fourth-order valence-electron chi connectivity index (χ4n) is 4.19. The summed E-state index contributed by atoms with van der Waals surface area (Å²) in [6, 6.07) is 13.4. The number of Topliss-reactive ketones (excluding diaryl/α,β-unsaturated/α-hetero) is 1. The Balaban J connectivity index is 1.82. The topological polar surface area (TPSA) is 37.4 Å². The number of allylic oxidation sites excluding steroid dienone is 2. The third kappa shape index (κ3) is 3.38. The second-order valence-corrected chi connectivity index (χ2v) is 8.13. The number of hydrogen-bond acceptors (Lipinski definition) is 2. The molecule has 0 spiro atoms. The van der Waals surface area contributed by atoms with E-state index < -0.39 is 0 Å². The minimum Gasteiger partial charge on any atom is -0.294 e. The molecule has 1 atom stereocenters. The van der Waals surface area contributed by atoms with Crippen molar-refractivity contribution in [1.29, 1.82) is 0 Å². The van der Waals surface area contributed by atoms with Crippen LogP contribution in [0.1, 0.15) is 49.7 Å². The number of rotatable bonds is 3. The van der Waals surface area contributed by atoms with Crippen molar-refractivity contribution in [2.45, 2.75) is 44.9 Å². The van der Waals surface area contributed by atoms with E-state index in [4.69, 9.17) is 23.2 Å². The molecular formula is C23H21Cl2NO2. The fourth-order valence-corrected chi connectivity index (χ4v) is 4.49. The molecular weight excluding hydrogens is 393 g/mol. The van der Waals surface area contributed by atoms with E-state index in [1.54, 1.807) is 17.0 Å². The zero-order valence-corrected chi connectivity index (χ0v) is 17.2. The molecule has 0 fully saturated rings. The SMILES string of the molecule is CCc1ccc(N2C(=O)CC(c3ccc(Cl)c(Cl)c3)C3=C2CCCC3=O)cc1. The third-order valence-electron chi connectivity index (χ3n) is 5.62. The Morgan fingerprint density at radius 2 is 1.75 bits per heavy atom. The average molecular weight is 414 g/mol. The van der Waals surface area contributed by atoms with E-state index in [0.29, 0.717) is 16.5 Å². The van der Waals surface area contributed by atoms with Crippen molar-refractivity contribution in [3.05, 3.63) is 74.9 Å². The van der Waals surface area contributed by atoms with Crippen LogP contribution < -0.4 is 4.90 Å². The zero-order chi connectivity index (χ0) is 19.8. The van der Waals surface area contributed by atoms with Gasteiger partial charge in [-0.3, -0.25) is 14.5 Å². The summed E-state index contributed by atoms with van der Waals surface area (Å²) < 4.78 is 0. The largest absolute Gasteiger partial charge is 0.294 e. The molecule has 28 heavy (non-hydrogen) atoms. The number of carbonyl (C=O) groups is 2. The number of nitrogens with zero attached hydrogens (tertiary/aromatic N) is 1. The summed E-state index contributed by atoms with van der Waals surface area (Å²) in [5.74, 6) is -0.134. The van der Waals surface area contributed by atoms with E-state index in [1.807, 2.05) is 30.3 Å². The van der Waals surface area contributed by atoms with Gasteiger partial charge in [-0.05, 0) is 54.7 Å². The van der Waals surface area contributed by atoms with Crippen molar-refractivity contribution in [3.8, 4) is 0 Å². The molecule has 0 radical (unpaired) electrons. The van der Waals surface area contributed by atoms with Crippen molar-refractivity contribution in [2.75, 3.05) is 4.90 Å². The maximum absolute atomic E-state index is 13.2. The maximum atomic E-state index is 13.2. The molecule has 5 heteroatoms. The van der Waals surface area contributed by atoms with Gasteiger partial charge in [-0.15, -0.1) is 0 Å². The Kier molecular flexibility index (Phi) is 5.31.